The van der Waals surface area contributed by atoms with E-state index in [1.807, 2.05) is 0 Å². The topological polar surface area (TPSA) is 99.5 Å². The zero-order valence-corrected chi connectivity index (χ0v) is 17.3. The van der Waals surface area contributed by atoms with Gasteiger partial charge in [-0.1, -0.05) is 17.7 Å². The lowest BCUT2D eigenvalue weighted by Crippen LogP contribution is -2.27. The summed E-state index contributed by atoms with van der Waals surface area (Å²) in [5, 5.41) is 3.46. The van der Waals surface area contributed by atoms with Crippen LogP contribution in [0.15, 0.2) is 35.4 Å². The molecule has 29 heavy (non-hydrogen) atoms. The minimum atomic E-state index is -0.535. The van der Waals surface area contributed by atoms with Gasteiger partial charge in [0.15, 0.2) is 0 Å². The van der Waals surface area contributed by atoms with Gasteiger partial charge in [-0.15, -0.1) is 11.3 Å². The number of carbonyl (C=O) groups is 2. The number of amides is 1. The number of esters is 1. The largest absolute Gasteiger partial charge is 0.459 e. The van der Waals surface area contributed by atoms with Gasteiger partial charge < -0.3 is 14.8 Å². The third-order valence-corrected chi connectivity index (χ3v) is 5.46. The smallest absolute Gasteiger partial charge is 0.348 e. The van der Waals surface area contributed by atoms with Gasteiger partial charge >= 0.3 is 5.97 Å². The summed E-state index contributed by atoms with van der Waals surface area (Å²) in [6.45, 7) is 1.83. The van der Waals surface area contributed by atoms with E-state index in [0.717, 1.165) is 11.3 Å². The van der Waals surface area contributed by atoms with Gasteiger partial charge in [0.25, 0.3) is 5.56 Å². The van der Waals surface area contributed by atoms with Crippen molar-refractivity contribution in [1.29, 1.82) is 0 Å². The number of nitrogens with one attached hydrogen (secondary N) is 1. The van der Waals surface area contributed by atoms with E-state index in [4.69, 9.17) is 21.1 Å². The Labute approximate surface area is 175 Å². The molecule has 0 aliphatic heterocycles. The molecule has 3 rings (SSSR count). The second-order valence-corrected chi connectivity index (χ2v) is 7.54. The van der Waals surface area contributed by atoms with Crippen LogP contribution in [-0.4, -0.2) is 41.8 Å². The molecular formula is C19H18ClN3O5S. The lowest BCUT2D eigenvalue weighted by Gasteiger charge is -2.07. The first-order valence-electron chi connectivity index (χ1n) is 8.60. The van der Waals surface area contributed by atoms with Crippen molar-refractivity contribution in [2.45, 2.75) is 13.5 Å². The maximum atomic E-state index is 12.8. The summed E-state index contributed by atoms with van der Waals surface area (Å²) in [5.41, 5.74) is 0.604. The molecule has 0 atom stereocenters. The molecule has 152 valence electrons. The highest BCUT2D eigenvalue weighted by Crippen LogP contribution is 2.27. The van der Waals surface area contributed by atoms with Gasteiger partial charge in [-0.05, 0) is 30.7 Å². The lowest BCUT2D eigenvalue weighted by atomic mass is 10.2. The van der Waals surface area contributed by atoms with Crippen LogP contribution in [-0.2, 0) is 20.8 Å². The second kappa shape index (κ2) is 9.17. The molecule has 1 N–H and O–H groups in total. The molecule has 2 aromatic heterocycles. The maximum Gasteiger partial charge on any atom is 0.348 e. The fourth-order valence-corrected chi connectivity index (χ4v) is 3.89. The SMILES string of the molecule is COCCOC(=O)c1sc2ncn(CC(=O)Nc3cccc(Cl)c3)c(=O)c2c1C. The molecule has 0 saturated carbocycles. The number of anilines is 1. The summed E-state index contributed by atoms with van der Waals surface area (Å²) in [6.07, 6.45) is 1.29. The van der Waals surface area contributed by atoms with Gasteiger partial charge in [-0.25, -0.2) is 9.78 Å². The van der Waals surface area contributed by atoms with Gasteiger partial charge in [0.2, 0.25) is 5.91 Å². The van der Waals surface area contributed by atoms with Crippen molar-refractivity contribution in [3.63, 3.8) is 0 Å². The summed E-state index contributed by atoms with van der Waals surface area (Å²) in [7, 11) is 1.51. The first-order chi connectivity index (χ1) is 13.9. The highest BCUT2D eigenvalue weighted by molar-refractivity contribution is 7.20. The van der Waals surface area contributed by atoms with Crippen LogP contribution in [0.3, 0.4) is 0 Å². The molecule has 1 amide bonds. The highest BCUT2D eigenvalue weighted by Gasteiger charge is 2.21. The normalized spacial score (nSPS) is 10.9. The number of carbonyl (C=O) groups excluding carboxylic acids is 2. The number of nitrogens with zero attached hydrogens (tertiary/aromatic N) is 2. The summed E-state index contributed by atoms with van der Waals surface area (Å²) < 4.78 is 11.2. The first kappa shape index (κ1) is 21.0. The van der Waals surface area contributed by atoms with Crippen LogP contribution in [0.2, 0.25) is 5.02 Å². The number of benzene rings is 1. The fraction of sp³-hybridized carbons (Fsp3) is 0.263. The molecule has 0 aliphatic carbocycles. The minimum Gasteiger partial charge on any atom is -0.459 e. The Bertz CT molecular complexity index is 1120. The molecule has 2 heterocycles. The standard InChI is InChI=1S/C19H18ClN3O5S/c1-11-15-17(29-16(11)19(26)28-7-6-27-2)21-10-23(18(15)25)9-14(24)22-13-5-3-4-12(20)8-13/h3-5,8,10H,6-7,9H2,1-2H3,(H,22,24). The van der Waals surface area contributed by atoms with Gasteiger partial charge in [0.05, 0.1) is 18.3 Å². The second-order valence-electron chi connectivity index (χ2n) is 6.10. The Hall–Kier alpha value is -2.75. The third-order valence-electron chi connectivity index (χ3n) is 4.05. The predicted octanol–water partition coefficient (Wildman–Crippen LogP) is 2.86. The molecule has 1 aromatic carbocycles. The molecule has 0 fully saturated rings. The average molecular weight is 436 g/mol. The van der Waals surface area contributed by atoms with Crippen LogP contribution >= 0.6 is 22.9 Å². The number of aromatic nitrogens is 2. The molecule has 0 radical (unpaired) electrons. The third kappa shape index (κ3) is 4.81. The molecule has 0 bridgehead atoms. The maximum absolute atomic E-state index is 12.8. The van der Waals surface area contributed by atoms with Crippen molar-refractivity contribution in [3.8, 4) is 0 Å². The Morgan fingerprint density at radius 2 is 2.10 bits per heavy atom. The monoisotopic (exact) mass is 435 g/mol. The van der Waals surface area contributed by atoms with E-state index in [-0.39, 0.29) is 19.8 Å². The predicted molar refractivity (Wildman–Crippen MR) is 111 cm³/mol. The van der Waals surface area contributed by atoms with Crippen LogP contribution < -0.4 is 10.9 Å². The van der Waals surface area contributed by atoms with Gasteiger partial charge in [0, 0.05) is 17.8 Å². The average Bonchev–Trinajstić information content (AvgIpc) is 3.01. The quantitative estimate of drug-likeness (QED) is 0.452. The summed E-state index contributed by atoms with van der Waals surface area (Å²) in [4.78, 5) is 42.3. The summed E-state index contributed by atoms with van der Waals surface area (Å²) in [5.74, 6) is -0.935. The van der Waals surface area contributed by atoms with E-state index in [1.165, 1.54) is 18.0 Å². The number of halogens is 1. The number of fused-ring (bicyclic) bond motifs is 1. The van der Waals surface area contributed by atoms with E-state index in [2.05, 4.69) is 10.3 Å². The van der Waals surface area contributed by atoms with E-state index >= 15 is 0 Å². The number of methoxy groups -OCH3 is 1. The van der Waals surface area contributed by atoms with Crippen molar-refractivity contribution in [2.24, 2.45) is 0 Å². The fourth-order valence-electron chi connectivity index (χ4n) is 2.67. The van der Waals surface area contributed by atoms with E-state index in [1.54, 1.807) is 31.2 Å². The molecule has 0 saturated heterocycles. The van der Waals surface area contributed by atoms with Crippen molar-refractivity contribution in [1.82, 2.24) is 9.55 Å². The summed E-state index contributed by atoms with van der Waals surface area (Å²) in [6, 6.07) is 6.70. The molecule has 0 spiro atoms. The van der Waals surface area contributed by atoms with E-state index in [0.29, 0.717) is 31.4 Å². The molecule has 0 aliphatic rings. The van der Waals surface area contributed by atoms with Crippen molar-refractivity contribution in [3.05, 3.63) is 56.4 Å². The Balaban J connectivity index is 1.82. The first-order valence-corrected chi connectivity index (χ1v) is 9.80. The molecule has 8 nitrogen and oxygen atoms in total. The highest BCUT2D eigenvalue weighted by atomic mass is 35.5. The van der Waals surface area contributed by atoms with Gasteiger partial charge in [0.1, 0.15) is 22.9 Å². The Morgan fingerprint density at radius 1 is 1.31 bits per heavy atom. The Morgan fingerprint density at radius 3 is 2.83 bits per heavy atom. The number of hydrogen-bond donors (Lipinski definition) is 1. The van der Waals surface area contributed by atoms with E-state index < -0.39 is 17.4 Å². The van der Waals surface area contributed by atoms with Crippen molar-refractivity contribution >= 4 is 50.7 Å². The van der Waals surface area contributed by atoms with Gasteiger partial charge in [-0.2, -0.15) is 0 Å². The molecule has 3 aromatic rings. The number of ether oxygens (including phenoxy) is 2. The molecule has 10 heteroatoms. The summed E-state index contributed by atoms with van der Waals surface area (Å²) >= 11 is 6.99. The van der Waals surface area contributed by atoms with Crippen LogP contribution in [0.25, 0.3) is 10.2 Å². The number of rotatable bonds is 7. The number of hydrogen-bond acceptors (Lipinski definition) is 7. The van der Waals surface area contributed by atoms with Gasteiger partial charge in [-0.3, -0.25) is 14.2 Å². The Kier molecular flexibility index (Phi) is 6.63. The number of thiophene rings is 1. The van der Waals surface area contributed by atoms with Crippen molar-refractivity contribution in [2.75, 3.05) is 25.6 Å². The van der Waals surface area contributed by atoms with Crippen molar-refractivity contribution < 1.29 is 19.1 Å². The zero-order chi connectivity index (χ0) is 21.0. The zero-order valence-electron chi connectivity index (χ0n) is 15.7. The number of aryl methyl sites for hydroxylation is 1. The minimum absolute atomic E-state index is 0.115. The molecule has 0 unspecified atom stereocenters. The lowest BCUT2D eigenvalue weighted by molar-refractivity contribution is -0.116. The van der Waals surface area contributed by atoms with Crippen LogP contribution in [0.4, 0.5) is 5.69 Å². The molecular weight excluding hydrogens is 418 g/mol. The van der Waals surface area contributed by atoms with Crippen LogP contribution in [0.5, 0.6) is 0 Å². The van der Waals surface area contributed by atoms with E-state index in [9.17, 15) is 14.4 Å². The van der Waals surface area contributed by atoms with Crippen LogP contribution in [0, 0.1) is 6.92 Å². The van der Waals surface area contributed by atoms with Crippen LogP contribution in [0.1, 0.15) is 15.2 Å².